The van der Waals surface area contributed by atoms with Gasteiger partial charge in [-0.1, -0.05) is 62.7 Å². The van der Waals surface area contributed by atoms with Gasteiger partial charge >= 0.3 is 11.9 Å². The quantitative estimate of drug-likeness (QED) is 0.176. The van der Waals surface area contributed by atoms with Crippen molar-refractivity contribution in [2.45, 2.75) is 46.1 Å². The van der Waals surface area contributed by atoms with Gasteiger partial charge < -0.3 is 15.2 Å². The van der Waals surface area contributed by atoms with E-state index in [2.05, 4.69) is 30.7 Å². The van der Waals surface area contributed by atoms with Crippen LogP contribution in [0.15, 0.2) is 66.2 Å². The number of aromatic carboxylic acids is 1. The van der Waals surface area contributed by atoms with Gasteiger partial charge in [0.05, 0.1) is 28.2 Å². The Balaban J connectivity index is 1.75. The van der Waals surface area contributed by atoms with Crippen LogP contribution in [-0.2, 0) is 15.0 Å². The average molecular weight is 524 g/mol. The van der Waals surface area contributed by atoms with Gasteiger partial charge in [0.2, 0.25) is 5.95 Å². The first-order chi connectivity index (χ1) is 18.4. The normalized spacial score (nSPS) is 17.3. The Hall–Kier alpha value is -4.72. The van der Waals surface area contributed by atoms with Crippen LogP contribution >= 0.6 is 0 Å². The van der Waals surface area contributed by atoms with Gasteiger partial charge in [-0.05, 0) is 60.2 Å². The summed E-state index contributed by atoms with van der Waals surface area (Å²) in [4.78, 5) is 47.4. The summed E-state index contributed by atoms with van der Waals surface area (Å²) >= 11 is 0. The van der Waals surface area contributed by atoms with Gasteiger partial charge in [-0.2, -0.15) is 0 Å². The molecule has 39 heavy (non-hydrogen) atoms. The van der Waals surface area contributed by atoms with Crippen LogP contribution in [0.25, 0.3) is 16.8 Å². The molecule has 1 fully saturated rings. The number of amides is 1. The van der Waals surface area contributed by atoms with Crippen molar-refractivity contribution in [3.05, 3.63) is 99.6 Å². The molecular formula is C31H29N3O5. The number of nitrogens with one attached hydrogen (secondary N) is 1. The number of ketones is 1. The van der Waals surface area contributed by atoms with E-state index >= 15 is 0 Å². The van der Waals surface area contributed by atoms with Crippen LogP contribution in [0.4, 0.5) is 5.95 Å². The highest BCUT2D eigenvalue weighted by molar-refractivity contribution is 6.51. The molecular weight excluding hydrogens is 494 g/mol. The van der Waals surface area contributed by atoms with Crippen LogP contribution in [0.3, 0.4) is 0 Å². The molecule has 1 amide bonds. The molecule has 1 aliphatic heterocycles. The number of aliphatic hydroxyl groups excluding tert-OH is 1. The minimum Gasteiger partial charge on any atom is -0.507 e. The fraction of sp³-hybridized carbons (Fsp3) is 0.226. The topological polar surface area (TPSA) is 124 Å². The van der Waals surface area contributed by atoms with Gasteiger partial charge in [-0.3, -0.25) is 14.5 Å². The molecule has 2 heterocycles. The zero-order chi connectivity index (χ0) is 28.2. The number of aromatic amines is 1. The zero-order valence-electron chi connectivity index (χ0n) is 22.4. The van der Waals surface area contributed by atoms with E-state index < -0.39 is 23.7 Å². The number of imidazole rings is 1. The van der Waals surface area contributed by atoms with Crippen LogP contribution in [-0.4, -0.2) is 37.8 Å². The summed E-state index contributed by atoms with van der Waals surface area (Å²) in [5.41, 5.74) is 4.43. The molecule has 0 saturated carbocycles. The van der Waals surface area contributed by atoms with Crippen molar-refractivity contribution in [3.8, 4) is 0 Å². The van der Waals surface area contributed by atoms with Crippen molar-refractivity contribution >= 4 is 40.4 Å². The molecule has 1 atom stereocenters. The number of carbonyl (C=O) groups is 3. The molecule has 1 saturated heterocycles. The van der Waals surface area contributed by atoms with E-state index in [4.69, 9.17) is 0 Å². The number of carboxylic acid groups (broad SMARTS) is 1. The Labute approximate surface area is 225 Å². The number of carbonyl (C=O) groups excluding carboxylic acids is 2. The number of hydrogen-bond acceptors (Lipinski definition) is 5. The van der Waals surface area contributed by atoms with Crippen molar-refractivity contribution in [2.24, 2.45) is 0 Å². The number of H-pyrrole nitrogens is 1. The zero-order valence-corrected chi connectivity index (χ0v) is 22.4. The lowest BCUT2D eigenvalue weighted by molar-refractivity contribution is -0.132. The van der Waals surface area contributed by atoms with E-state index in [-0.39, 0.29) is 28.3 Å². The highest BCUT2D eigenvalue weighted by atomic mass is 16.4. The van der Waals surface area contributed by atoms with Crippen LogP contribution < -0.4 is 4.90 Å². The fourth-order valence-electron chi connectivity index (χ4n) is 4.94. The number of aliphatic hydroxyl groups is 1. The summed E-state index contributed by atoms with van der Waals surface area (Å²) in [5.74, 6) is -2.94. The number of aryl methyl sites for hydroxylation is 2. The first kappa shape index (κ1) is 25.9. The monoisotopic (exact) mass is 523 g/mol. The minimum absolute atomic E-state index is 0.0357. The van der Waals surface area contributed by atoms with Gasteiger partial charge in [-0.25, -0.2) is 9.78 Å². The fourth-order valence-corrected chi connectivity index (χ4v) is 4.94. The van der Waals surface area contributed by atoms with E-state index in [1.807, 2.05) is 50.2 Å². The predicted octanol–water partition coefficient (Wildman–Crippen LogP) is 5.80. The van der Waals surface area contributed by atoms with E-state index in [0.717, 1.165) is 16.7 Å². The molecule has 0 spiro atoms. The Kier molecular flexibility index (Phi) is 6.13. The average Bonchev–Trinajstić information content (AvgIpc) is 3.41. The second kappa shape index (κ2) is 9.23. The summed E-state index contributed by atoms with van der Waals surface area (Å²) in [7, 11) is 0. The molecule has 3 aromatic carbocycles. The van der Waals surface area contributed by atoms with Crippen molar-refractivity contribution in [1.29, 1.82) is 0 Å². The Morgan fingerprint density at radius 2 is 1.72 bits per heavy atom. The van der Waals surface area contributed by atoms with Gasteiger partial charge in [0, 0.05) is 5.56 Å². The molecule has 8 nitrogen and oxygen atoms in total. The smallest absolute Gasteiger partial charge is 0.335 e. The minimum atomic E-state index is -1.10. The largest absolute Gasteiger partial charge is 0.507 e. The lowest BCUT2D eigenvalue weighted by Crippen LogP contribution is -2.30. The van der Waals surface area contributed by atoms with Gasteiger partial charge in [0.1, 0.15) is 5.76 Å². The lowest BCUT2D eigenvalue weighted by atomic mass is 9.84. The Morgan fingerprint density at radius 1 is 0.974 bits per heavy atom. The first-order valence-corrected chi connectivity index (χ1v) is 12.6. The number of fused-ring (bicyclic) bond motifs is 1. The van der Waals surface area contributed by atoms with Crippen molar-refractivity contribution in [2.75, 3.05) is 4.90 Å². The number of aromatic nitrogens is 2. The van der Waals surface area contributed by atoms with Crippen LogP contribution in [0, 0.1) is 13.8 Å². The number of anilines is 1. The van der Waals surface area contributed by atoms with Crippen LogP contribution in [0.1, 0.15) is 65.0 Å². The maximum atomic E-state index is 13.6. The molecule has 1 aliphatic rings. The molecule has 0 aliphatic carbocycles. The second-order valence-corrected chi connectivity index (χ2v) is 11.0. The molecule has 1 aromatic heterocycles. The lowest BCUT2D eigenvalue weighted by Gasteiger charge is -2.24. The molecule has 0 bridgehead atoms. The summed E-state index contributed by atoms with van der Waals surface area (Å²) in [6, 6.07) is 16.6. The van der Waals surface area contributed by atoms with Gasteiger partial charge in [0.15, 0.2) is 0 Å². The van der Waals surface area contributed by atoms with Crippen LogP contribution in [0.5, 0.6) is 0 Å². The van der Waals surface area contributed by atoms with E-state index in [9.17, 15) is 24.6 Å². The summed E-state index contributed by atoms with van der Waals surface area (Å²) in [5, 5.41) is 21.0. The number of Topliss-reactive ketones (excluding diaryl/α,β-unsaturated/α-hetero) is 1. The van der Waals surface area contributed by atoms with E-state index in [1.54, 1.807) is 12.1 Å². The summed E-state index contributed by atoms with van der Waals surface area (Å²) in [6.07, 6.45) is 0. The molecule has 1 unspecified atom stereocenters. The number of carboxylic acids is 1. The third-order valence-corrected chi connectivity index (χ3v) is 7.11. The Morgan fingerprint density at radius 3 is 2.38 bits per heavy atom. The predicted molar refractivity (Wildman–Crippen MR) is 149 cm³/mol. The third kappa shape index (κ3) is 4.48. The summed E-state index contributed by atoms with van der Waals surface area (Å²) in [6.45, 7) is 9.93. The van der Waals surface area contributed by atoms with Crippen molar-refractivity contribution in [3.63, 3.8) is 0 Å². The molecule has 4 aromatic rings. The number of hydrogen-bond donors (Lipinski definition) is 3. The standard InChI is InChI=1S/C31H29N3O5/c1-16-7-6-8-18(13-16)25-24(26(35)21-15-20(31(3,4)5)11-9-17(21)2)27(36)28(37)34(25)30-32-22-12-10-19(29(38)39)14-23(22)33-30/h6-15,25,35H,1-5H3,(H,32,33)(H,38,39)/b26-24+. The summed E-state index contributed by atoms with van der Waals surface area (Å²) < 4.78 is 0. The third-order valence-electron chi connectivity index (χ3n) is 7.11. The number of nitrogens with zero attached hydrogens (tertiary/aromatic N) is 2. The van der Waals surface area contributed by atoms with Crippen molar-refractivity contribution < 1.29 is 24.6 Å². The number of rotatable bonds is 4. The highest BCUT2D eigenvalue weighted by Gasteiger charge is 2.48. The maximum Gasteiger partial charge on any atom is 0.335 e. The molecule has 5 rings (SSSR count). The van der Waals surface area contributed by atoms with Crippen molar-refractivity contribution in [1.82, 2.24) is 9.97 Å². The van der Waals surface area contributed by atoms with Gasteiger partial charge in [-0.15, -0.1) is 0 Å². The molecule has 198 valence electrons. The highest BCUT2D eigenvalue weighted by Crippen LogP contribution is 2.42. The Bertz CT molecular complexity index is 1710. The SMILES string of the molecule is Cc1cccc(C2/C(=C(\O)c3cc(C(C)(C)C)ccc3C)C(=O)C(=O)N2c2nc3ccc(C(=O)O)cc3[nH]2)c1. The molecule has 0 radical (unpaired) electrons. The second-order valence-electron chi connectivity index (χ2n) is 11.0. The first-order valence-electron chi connectivity index (χ1n) is 12.6. The number of benzene rings is 3. The van der Waals surface area contributed by atoms with E-state index in [1.165, 1.54) is 17.0 Å². The van der Waals surface area contributed by atoms with Gasteiger partial charge in [0.25, 0.3) is 5.78 Å². The molecule has 8 heteroatoms. The molecule has 3 N–H and O–H groups in total. The maximum absolute atomic E-state index is 13.6. The van der Waals surface area contributed by atoms with E-state index in [0.29, 0.717) is 22.2 Å². The van der Waals surface area contributed by atoms with Crippen LogP contribution in [0.2, 0.25) is 0 Å².